The number of aromatic nitrogens is 2. The Morgan fingerprint density at radius 2 is 1.04 bits per heavy atom. The monoisotopic (exact) mass is 732 g/mol. The zero-order chi connectivity index (χ0) is 37.4. The van der Waals surface area contributed by atoms with Gasteiger partial charge in [-0.05, 0) is 80.0 Å². The largest absolute Gasteiger partial charge is 0.228 e. The van der Waals surface area contributed by atoms with E-state index in [4.69, 9.17) is 9.97 Å². The first-order valence-corrected chi connectivity index (χ1v) is 20.1. The van der Waals surface area contributed by atoms with Crippen LogP contribution in [0.4, 0.5) is 0 Å². The lowest BCUT2D eigenvalue weighted by atomic mass is 9.81. The van der Waals surface area contributed by atoms with Crippen LogP contribution in [-0.2, 0) is 5.41 Å². The van der Waals surface area contributed by atoms with Crippen molar-refractivity contribution in [3.8, 4) is 67.3 Å². The number of hydrogen-bond donors (Lipinski definition) is 0. The molecule has 56 heavy (non-hydrogen) atoms. The van der Waals surface area contributed by atoms with E-state index >= 15 is 0 Å². The van der Waals surface area contributed by atoms with Gasteiger partial charge >= 0.3 is 0 Å². The number of hydrogen-bond acceptors (Lipinski definition) is 3. The Morgan fingerprint density at radius 3 is 1.91 bits per heavy atom. The molecule has 8 aromatic carbocycles. The number of thiophene rings is 1. The molecule has 11 rings (SSSR count). The molecule has 0 saturated heterocycles. The summed E-state index contributed by atoms with van der Waals surface area (Å²) in [5.74, 6) is 0.710. The van der Waals surface area contributed by atoms with E-state index < -0.39 is 0 Å². The average Bonchev–Trinajstić information content (AvgIpc) is 3.75. The minimum atomic E-state index is -0.109. The van der Waals surface area contributed by atoms with Gasteiger partial charge < -0.3 is 0 Å². The fraction of sp³-hybridized carbons (Fsp3) is 0.0566. The maximum atomic E-state index is 5.29. The van der Waals surface area contributed by atoms with Crippen LogP contribution >= 0.6 is 11.3 Å². The lowest BCUT2D eigenvalue weighted by Crippen LogP contribution is -2.14. The Balaban J connectivity index is 1.09. The van der Waals surface area contributed by atoms with Crippen LogP contribution in [0, 0.1) is 0 Å². The zero-order valence-electron chi connectivity index (χ0n) is 31.1. The molecule has 3 heteroatoms. The van der Waals surface area contributed by atoms with Gasteiger partial charge in [0.1, 0.15) is 0 Å². The third kappa shape index (κ3) is 5.16. The van der Waals surface area contributed by atoms with Gasteiger partial charge in [0.15, 0.2) is 5.82 Å². The van der Waals surface area contributed by atoms with E-state index in [1.165, 1.54) is 69.9 Å². The Labute approximate surface area is 330 Å². The van der Waals surface area contributed by atoms with Crippen LogP contribution in [0.5, 0.6) is 0 Å². The lowest BCUT2D eigenvalue weighted by Gasteiger charge is -2.22. The summed E-state index contributed by atoms with van der Waals surface area (Å²) in [5, 5.41) is 5.14. The SMILES string of the molecule is CC1(C)c2cc3ccccc3cc2-c2c(-c3cccc(-c4cc(-c5ccccc5-c5cccc6c5sc5ccccc56)nc(-c5ccccc5)n4)c3)cccc21. The van der Waals surface area contributed by atoms with Gasteiger partial charge in [-0.2, -0.15) is 0 Å². The number of benzene rings is 8. The van der Waals surface area contributed by atoms with Gasteiger partial charge in [-0.1, -0.05) is 166 Å². The van der Waals surface area contributed by atoms with Gasteiger partial charge in [-0.3, -0.25) is 0 Å². The summed E-state index contributed by atoms with van der Waals surface area (Å²) in [7, 11) is 0. The molecule has 2 nitrogen and oxygen atoms in total. The molecule has 0 amide bonds. The zero-order valence-corrected chi connectivity index (χ0v) is 31.9. The van der Waals surface area contributed by atoms with Crippen molar-refractivity contribution in [1.82, 2.24) is 9.97 Å². The fourth-order valence-electron chi connectivity index (χ4n) is 8.91. The van der Waals surface area contributed by atoms with E-state index in [2.05, 4.69) is 190 Å². The minimum absolute atomic E-state index is 0.109. The van der Waals surface area contributed by atoms with E-state index in [9.17, 15) is 0 Å². The summed E-state index contributed by atoms with van der Waals surface area (Å²) in [6.45, 7) is 4.72. The van der Waals surface area contributed by atoms with Crippen molar-refractivity contribution in [3.05, 3.63) is 193 Å². The van der Waals surface area contributed by atoms with Crippen molar-refractivity contribution in [2.45, 2.75) is 19.3 Å². The van der Waals surface area contributed by atoms with E-state index in [0.29, 0.717) is 5.82 Å². The van der Waals surface area contributed by atoms with E-state index in [-0.39, 0.29) is 5.41 Å². The molecular formula is C53H36N2S. The molecule has 0 saturated carbocycles. The Morgan fingerprint density at radius 1 is 0.411 bits per heavy atom. The molecule has 2 heterocycles. The lowest BCUT2D eigenvalue weighted by molar-refractivity contribution is 0.661. The Bertz CT molecular complexity index is 3170. The van der Waals surface area contributed by atoms with Gasteiger partial charge in [0.2, 0.25) is 0 Å². The first-order chi connectivity index (χ1) is 27.5. The van der Waals surface area contributed by atoms with Crippen molar-refractivity contribution in [2.24, 2.45) is 0 Å². The topological polar surface area (TPSA) is 25.8 Å². The van der Waals surface area contributed by atoms with Crippen LogP contribution in [0.1, 0.15) is 25.0 Å². The van der Waals surface area contributed by atoms with Crippen LogP contribution in [-0.4, -0.2) is 9.97 Å². The maximum Gasteiger partial charge on any atom is 0.160 e. The molecule has 2 aromatic heterocycles. The predicted octanol–water partition coefficient (Wildman–Crippen LogP) is 14.6. The summed E-state index contributed by atoms with van der Waals surface area (Å²) in [6.07, 6.45) is 0. The van der Waals surface area contributed by atoms with Crippen molar-refractivity contribution >= 4 is 42.3 Å². The molecular weight excluding hydrogens is 697 g/mol. The Kier molecular flexibility index (Phi) is 7.42. The smallest absolute Gasteiger partial charge is 0.160 e. The number of rotatable bonds is 5. The molecule has 264 valence electrons. The van der Waals surface area contributed by atoms with E-state index in [1.807, 2.05) is 17.4 Å². The first-order valence-electron chi connectivity index (χ1n) is 19.2. The van der Waals surface area contributed by atoms with Crippen molar-refractivity contribution in [2.75, 3.05) is 0 Å². The summed E-state index contributed by atoms with van der Waals surface area (Å²) in [4.78, 5) is 10.6. The van der Waals surface area contributed by atoms with Crippen LogP contribution in [0.15, 0.2) is 182 Å². The third-order valence-corrected chi connectivity index (χ3v) is 12.9. The van der Waals surface area contributed by atoms with Gasteiger partial charge in [0.25, 0.3) is 0 Å². The highest BCUT2D eigenvalue weighted by molar-refractivity contribution is 7.26. The molecule has 1 aliphatic rings. The number of nitrogens with zero attached hydrogens (tertiary/aromatic N) is 2. The quantitative estimate of drug-likeness (QED) is 0.176. The summed E-state index contributed by atoms with van der Waals surface area (Å²) in [6, 6.07) is 65.8. The molecule has 10 aromatic rings. The average molecular weight is 733 g/mol. The second kappa shape index (κ2) is 12.7. The van der Waals surface area contributed by atoms with E-state index in [1.54, 1.807) is 0 Å². The van der Waals surface area contributed by atoms with Gasteiger partial charge in [0.05, 0.1) is 11.4 Å². The molecule has 0 aliphatic heterocycles. The highest BCUT2D eigenvalue weighted by Crippen LogP contribution is 2.53. The molecule has 0 fully saturated rings. The second-order valence-electron chi connectivity index (χ2n) is 15.3. The van der Waals surface area contributed by atoms with Crippen LogP contribution in [0.25, 0.3) is 98.2 Å². The van der Waals surface area contributed by atoms with Crippen LogP contribution in [0.3, 0.4) is 0 Å². The van der Waals surface area contributed by atoms with Gasteiger partial charge in [-0.15, -0.1) is 11.3 Å². The summed E-state index contributed by atoms with van der Waals surface area (Å²) < 4.78 is 2.59. The van der Waals surface area contributed by atoms with Crippen molar-refractivity contribution in [3.63, 3.8) is 0 Å². The molecule has 0 bridgehead atoms. The van der Waals surface area contributed by atoms with Gasteiger partial charge in [0, 0.05) is 47.8 Å². The molecule has 0 spiro atoms. The Hall–Kier alpha value is -6.68. The number of fused-ring (bicyclic) bond motifs is 7. The highest BCUT2D eigenvalue weighted by Gasteiger charge is 2.37. The summed E-state index contributed by atoms with van der Waals surface area (Å²) >= 11 is 1.86. The highest BCUT2D eigenvalue weighted by atomic mass is 32.1. The van der Waals surface area contributed by atoms with Crippen molar-refractivity contribution in [1.29, 1.82) is 0 Å². The molecule has 1 aliphatic carbocycles. The molecule has 0 unspecified atom stereocenters. The molecule has 0 atom stereocenters. The first kappa shape index (κ1) is 32.7. The molecule has 0 radical (unpaired) electrons. The standard InChI is InChI=1S/C53H36N2S/c1-53(2)45-27-14-24-38(50(45)44-30-34-17-6-7-18-35(34)31-46(44)53)36-19-12-20-37(29-36)47-32-48(55-52(54-47)33-15-4-3-5-16-33)40-22-9-8-21-39(40)42-25-13-26-43-41-23-10-11-28-49(41)56-51(42)43/h3-32H,1-2H3. The minimum Gasteiger partial charge on any atom is -0.228 e. The fourth-order valence-corrected chi connectivity index (χ4v) is 10.1. The second-order valence-corrected chi connectivity index (χ2v) is 16.4. The van der Waals surface area contributed by atoms with Crippen LogP contribution < -0.4 is 0 Å². The van der Waals surface area contributed by atoms with Crippen molar-refractivity contribution < 1.29 is 0 Å². The maximum absolute atomic E-state index is 5.29. The third-order valence-electron chi connectivity index (χ3n) is 11.7. The molecule has 0 N–H and O–H groups in total. The summed E-state index contributed by atoms with van der Waals surface area (Å²) in [5.41, 5.74) is 15.0. The normalized spacial score (nSPS) is 13.0. The van der Waals surface area contributed by atoms with Gasteiger partial charge in [-0.25, -0.2) is 9.97 Å². The predicted molar refractivity (Wildman–Crippen MR) is 237 cm³/mol. The van der Waals surface area contributed by atoms with Crippen LogP contribution in [0.2, 0.25) is 0 Å². The van der Waals surface area contributed by atoms with E-state index in [0.717, 1.165) is 33.6 Å².